The lowest BCUT2D eigenvalue weighted by Crippen LogP contribution is -2.55. The molecule has 124 valence electrons. The molecule has 1 saturated heterocycles. The molecule has 0 unspecified atom stereocenters. The van der Waals surface area contributed by atoms with Crippen molar-refractivity contribution in [1.82, 2.24) is 21.3 Å². The third-order valence-electron chi connectivity index (χ3n) is 5.07. The van der Waals surface area contributed by atoms with Crippen molar-refractivity contribution in [1.29, 1.82) is 0 Å². The summed E-state index contributed by atoms with van der Waals surface area (Å²) in [5, 5.41) is 15.4. The fourth-order valence-electron chi connectivity index (χ4n) is 4.18. The van der Waals surface area contributed by atoms with E-state index in [-0.39, 0.29) is 11.6 Å². The van der Waals surface area contributed by atoms with Crippen LogP contribution in [0.5, 0.6) is 5.75 Å². The van der Waals surface area contributed by atoms with Crippen LogP contribution in [0.25, 0.3) is 0 Å². The minimum atomic E-state index is -0.277. The molecule has 4 N–H and O–H groups in total. The molecule has 6 heteroatoms. The maximum Gasteiger partial charge on any atom is 0.115 e. The largest absolute Gasteiger partial charge is 0.508 e. The Bertz CT molecular complexity index is 647. The van der Waals surface area contributed by atoms with E-state index in [2.05, 4.69) is 29.4 Å². The number of nitrogens with one attached hydrogen (secondary N) is 3. The molecule has 0 amide bonds. The number of hydrogen-bond acceptors (Lipinski definition) is 6. The van der Waals surface area contributed by atoms with Gasteiger partial charge in [0.1, 0.15) is 5.75 Å². The van der Waals surface area contributed by atoms with Crippen LogP contribution in [0.15, 0.2) is 30.1 Å². The molecule has 3 heterocycles. The van der Waals surface area contributed by atoms with Crippen LogP contribution >= 0.6 is 0 Å². The van der Waals surface area contributed by atoms with Gasteiger partial charge in [-0.1, -0.05) is 6.07 Å². The Morgan fingerprint density at radius 3 is 3.00 bits per heavy atom. The van der Waals surface area contributed by atoms with Crippen LogP contribution in [-0.4, -0.2) is 35.9 Å². The van der Waals surface area contributed by atoms with Crippen molar-refractivity contribution >= 4 is 0 Å². The van der Waals surface area contributed by atoms with Crippen molar-refractivity contribution in [2.45, 2.75) is 43.9 Å². The molecule has 1 aromatic rings. The van der Waals surface area contributed by atoms with Gasteiger partial charge in [0.15, 0.2) is 0 Å². The molecule has 1 fully saturated rings. The molecule has 23 heavy (non-hydrogen) atoms. The lowest BCUT2D eigenvalue weighted by Gasteiger charge is -2.47. The predicted octanol–water partition coefficient (Wildman–Crippen LogP) is 1.10. The van der Waals surface area contributed by atoms with Gasteiger partial charge in [0, 0.05) is 25.7 Å². The zero-order valence-electron chi connectivity index (χ0n) is 13.6. The van der Waals surface area contributed by atoms with Gasteiger partial charge in [0.2, 0.25) is 0 Å². The Balaban J connectivity index is 1.69. The molecule has 6 nitrogen and oxygen atoms in total. The lowest BCUT2D eigenvalue weighted by atomic mass is 9.74. The summed E-state index contributed by atoms with van der Waals surface area (Å²) in [6.07, 6.45) is 4.76. The summed E-state index contributed by atoms with van der Waals surface area (Å²) in [6, 6.07) is 6.26. The van der Waals surface area contributed by atoms with E-state index >= 15 is 0 Å². The fraction of sp³-hybridized carbons (Fsp3) is 0.529. The zero-order valence-corrected chi connectivity index (χ0v) is 13.6. The first-order chi connectivity index (χ1) is 11.1. The van der Waals surface area contributed by atoms with Crippen molar-refractivity contribution in [2.24, 2.45) is 0 Å². The molecule has 3 atom stereocenters. The van der Waals surface area contributed by atoms with Gasteiger partial charge in [-0.25, -0.2) is 0 Å². The molecule has 0 aromatic heterocycles. The maximum atomic E-state index is 9.79. The van der Waals surface area contributed by atoms with Gasteiger partial charge in [-0.05, 0) is 43.0 Å². The Morgan fingerprint density at radius 2 is 2.22 bits per heavy atom. The standard InChI is InChI=1S/C17H24N4O2/c1-11-8-17(9-15(18-11)16-10-21(2)20-19-16)14-4-3-13(22)7-12(14)5-6-23-17/h3-4,7,10-11,15,18-20,22H,5-6,8-9H2,1-2H3/t11-,15-,17-/m0/s1. The number of ether oxygens (including phenoxy) is 1. The minimum Gasteiger partial charge on any atom is -0.508 e. The van der Waals surface area contributed by atoms with Crippen LogP contribution in [0.2, 0.25) is 0 Å². The van der Waals surface area contributed by atoms with Crippen molar-refractivity contribution in [3.63, 3.8) is 0 Å². The third-order valence-corrected chi connectivity index (χ3v) is 5.07. The highest BCUT2D eigenvalue weighted by atomic mass is 16.5. The average molecular weight is 316 g/mol. The number of fused-ring (bicyclic) bond motifs is 2. The van der Waals surface area contributed by atoms with Crippen LogP contribution in [0, 0.1) is 0 Å². The summed E-state index contributed by atoms with van der Waals surface area (Å²) in [5.74, 6) is 0.338. The van der Waals surface area contributed by atoms with E-state index in [1.165, 1.54) is 11.1 Å². The van der Waals surface area contributed by atoms with Gasteiger partial charge >= 0.3 is 0 Å². The summed E-state index contributed by atoms with van der Waals surface area (Å²) < 4.78 is 6.35. The van der Waals surface area contributed by atoms with E-state index in [1.54, 1.807) is 6.07 Å². The van der Waals surface area contributed by atoms with E-state index in [9.17, 15) is 5.11 Å². The molecule has 0 bridgehead atoms. The number of phenols is 1. The number of hydrazine groups is 2. The second kappa shape index (κ2) is 5.40. The number of rotatable bonds is 1. The van der Waals surface area contributed by atoms with Crippen LogP contribution in [0.4, 0.5) is 0 Å². The molecule has 1 aromatic carbocycles. The normalized spacial score (nSPS) is 33.3. The van der Waals surface area contributed by atoms with E-state index in [0.717, 1.165) is 25.0 Å². The Hall–Kier alpha value is -1.76. The van der Waals surface area contributed by atoms with E-state index in [1.807, 2.05) is 24.2 Å². The molecule has 0 saturated carbocycles. The maximum absolute atomic E-state index is 9.79. The predicted molar refractivity (Wildman–Crippen MR) is 87.2 cm³/mol. The van der Waals surface area contributed by atoms with Crippen molar-refractivity contribution in [2.75, 3.05) is 13.7 Å². The van der Waals surface area contributed by atoms with Gasteiger partial charge in [-0.15, -0.1) is 5.53 Å². The SMILES string of the molecule is C[C@H]1C[C@@]2(C[C@@H](C3=CN(C)NN3)N1)OCCc1cc(O)ccc12. The zero-order chi connectivity index (χ0) is 16.0. The van der Waals surface area contributed by atoms with Gasteiger partial charge < -0.3 is 20.6 Å². The number of benzene rings is 1. The quantitative estimate of drug-likeness (QED) is 0.622. The van der Waals surface area contributed by atoms with Gasteiger partial charge in [-0.3, -0.25) is 5.01 Å². The van der Waals surface area contributed by atoms with Gasteiger partial charge in [0.05, 0.1) is 23.9 Å². The average Bonchev–Trinajstić information content (AvgIpc) is 2.93. The summed E-state index contributed by atoms with van der Waals surface area (Å²) in [5.41, 5.74) is 9.61. The fourth-order valence-corrected chi connectivity index (χ4v) is 4.18. The molecule has 0 radical (unpaired) electrons. The number of hydrogen-bond donors (Lipinski definition) is 4. The first kappa shape index (κ1) is 14.8. The van der Waals surface area contributed by atoms with Crippen LogP contribution in [0.1, 0.15) is 30.9 Å². The van der Waals surface area contributed by atoms with Crippen LogP contribution in [0.3, 0.4) is 0 Å². The highest BCUT2D eigenvalue weighted by Crippen LogP contribution is 2.44. The molecule has 4 rings (SSSR count). The summed E-state index contributed by atoms with van der Waals surface area (Å²) in [6.45, 7) is 2.92. The number of phenolic OH excluding ortho intramolecular Hbond substituents is 1. The monoisotopic (exact) mass is 316 g/mol. The molecule has 0 aliphatic carbocycles. The molecule has 3 aliphatic rings. The Morgan fingerprint density at radius 1 is 1.35 bits per heavy atom. The molecule has 3 aliphatic heterocycles. The first-order valence-corrected chi connectivity index (χ1v) is 8.24. The minimum absolute atomic E-state index is 0.205. The highest BCUT2D eigenvalue weighted by molar-refractivity contribution is 5.41. The number of aromatic hydroxyl groups is 1. The first-order valence-electron chi connectivity index (χ1n) is 8.24. The van der Waals surface area contributed by atoms with E-state index in [4.69, 9.17) is 4.74 Å². The van der Waals surface area contributed by atoms with Crippen molar-refractivity contribution in [3.05, 3.63) is 41.2 Å². The second-order valence-electron chi connectivity index (χ2n) is 6.89. The van der Waals surface area contributed by atoms with Crippen molar-refractivity contribution in [3.8, 4) is 5.75 Å². The lowest BCUT2D eigenvalue weighted by molar-refractivity contribution is -0.0952. The molecule has 1 spiro atoms. The Kier molecular flexibility index (Phi) is 3.48. The summed E-state index contributed by atoms with van der Waals surface area (Å²) in [4.78, 5) is 0. The topological polar surface area (TPSA) is 68.8 Å². The van der Waals surface area contributed by atoms with Gasteiger partial charge in [-0.2, -0.15) is 0 Å². The van der Waals surface area contributed by atoms with Gasteiger partial charge in [0.25, 0.3) is 0 Å². The highest BCUT2D eigenvalue weighted by Gasteiger charge is 2.45. The molecular weight excluding hydrogens is 292 g/mol. The number of piperidine rings is 1. The number of nitrogens with zero attached hydrogens (tertiary/aromatic N) is 1. The molecular formula is C17H24N4O2. The van der Waals surface area contributed by atoms with Crippen LogP contribution in [-0.2, 0) is 16.8 Å². The summed E-state index contributed by atoms with van der Waals surface area (Å²) in [7, 11) is 1.97. The Labute approximate surface area is 136 Å². The summed E-state index contributed by atoms with van der Waals surface area (Å²) >= 11 is 0. The van der Waals surface area contributed by atoms with E-state index < -0.39 is 0 Å². The third kappa shape index (κ3) is 2.56. The van der Waals surface area contributed by atoms with Crippen molar-refractivity contribution < 1.29 is 9.84 Å². The van der Waals surface area contributed by atoms with Crippen LogP contribution < -0.4 is 16.3 Å². The second-order valence-corrected chi connectivity index (χ2v) is 6.89. The van der Waals surface area contributed by atoms with E-state index in [0.29, 0.717) is 18.4 Å². The smallest absolute Gasteiger partial charge is 0.115 e.